The second kappa shape index (κ2) is 11.3. The molecule has 1 fully saturated rings. The van der Waals surface area contributed by atoms with Crippen LogP contribution in [0.1, 0.15) is 24.0 Å². The van der Waals surface area contributed by atoms with E-state index in [1.165, 1.54) is 0 Å². The Morgan fingerprint density at radius 1 is 1.21 bits per heavy atom. The molecule has 6 nitrogen and oxygen atoms in total. The smallest absolute Gasteiger partial charge is 0.422 e. The molecule has 0 aromatic heterocycles. The first-order chi connectivity index (χ1) is 12.8. The summed E-state index contributed by atoms with van der Waals surface area (Å²) < 4.78 is 42.2. The fourth-order valence-corrected chi connectivity index (χ4v) is 2.36. The van der Waals surface area contributed by atoms with Crippen molar-refractivity contribution in [2.75, 3.05) is 26.7 Å². The van der Waals surface area contributed by atoms with E-state index in [1.807, 2.05) is 0 Å². The number of carbonyl (C=O) groups is 1. The van der Waals surface area contributed by atoms with Crippen molar-refractivity contribution in [1.29, 1.82) is 0 Å². The van der Waals surface area contributed by atoms with Gasteiger partial charge in [0, 0.05) is 38.2 Å². The summed E-state index contributed by atoms with van der Waals surface area (Å²) in [5.41, 5.74) is 1.40. The van der Waals surface area contributed by atoms with Crippen LogP contribution >= 0.6 is 24.0 Å². The van der Waals surface area contributed by atoms with Gasteiger partial charge in [-0.15, -0.1) is 24.0 Å². The summed E-state index contributed by atoms with van der Waals surface area (Å²) >= 11 is 0. The monoisotopic (exact) mass is 514 g/mol. The molecule has 1 amide bonds. The molecular formula is C18H26F3IN4O2. The van der Waals surface area contributed by atoms with E-state index in [0.717, 1.165) is 18.4 Å². The molecule has 158 valence electrons. The van der Waals surface area contributed by atoms with Crippen molar-refractivity contribution in [3.8, 4) is 5.75 Å². The highest BCUT2D eigenvalue weighted by molar-refractivity contribution is 14.0. The second-order valence-electron chi connectivity index (χ2n) is 6.43. The zero-order valence-electron chi connectivity index (χ0n) is 15.9. The molecule has 0 heterocycles. The summed E-state index contributed by atoms with van der Waals surface area (Å²) in [6.07, 6.45) is -2.48. The third-order valence-electron chi connectivity index (χ3n) is 3.95. The van der Waals surface area contributed by atoms with Gasteiger partial charge in [0.1, 0.15) is 5.75 Å². The number of benzene rings is 1. The van der Waals surface area contributed by atoms with Gasteiger partial charge in [0.15, 0.2) is 12.6 Å². The van der Waals surface area contributed by atoms with Gasteiger partial charge in [-0.05, 0) is 31.4 Å². The van der Waals surface area contributed by atoms with Gasteiger partial charge in [-0.1, -0.05) is 12.1 Å². The van der Waals surface area contributed by atoms with Crippen LogP contribution in [0.5, 0.6) is 5.75 Å². The molecule has 28 heavy (non-hydrogen) atoms. The topological polar surface area (TPSA) is 74.8 Å². The van der Waals surface area contributed by atoms with E-state index in [-0.39, 0.29) is 48.1 Å². The van der Waals surface area contributed by atoms with Crippen LogP contribution in [0.4, 0.5) is 13.2 Å². The molecule has 1 aliphatic rings. The van der Waals surface area contributed by atoms with E-state index in [0.29, 0.717) is 24.6 Å². The highest BCUT2D eigenvalue weighted by Crippen LogP contribution is 2.28. The van der Waals surface area contributed by atoms with E-state index in [9.17, 15) is 18.0 Å². The van der Waals surface area contributed by atoms with Crippen LogP contribution < -0.4 is 20.7 Å². The maximum absolute atomic E-state index is 12.4. The molecule has 1 saturated carbocycles. The first kappa shape index (κ1) is 24.3. The third-order valence-corrected chi connectivity index (χ3v) is 3.95. The quantitative estimate of drug-likeness (QED) is 0.216. The Morgan fingerprint density at radius 2 is 1.89 bits per heavy atom. The molecule has 1 aromatic rings. The van der Waals surface area contributed by atoms with Gasteiger partial charge in [-0.2, -0.15) is 13.2 Å². The Kier molecular flexibility index (Phi) is 9.83. The van der Waals surface area contributed by atoms with E-state index in [1.54, 1.807) is 32.2 Å². The molecule has 0 unspecified atom stereocenters. The van der Waals surface area contributed by atoms with Crippen LogP contribution in [0.15, 0.2) is 23.2 Å². The number of alkyl halides is 3. The number of aliphatic imine (C=N–C) groups is 1. The first-order valence-corrected chi connectivity index (χ1v) is 8.80. The molecule has 0 saturated heterocycles. The van der Waals surface area contributed by atoms with Crippen LogP contribution in [0, 0.1) is 12.8 Å². The van der Waals surface area contributed by atoms with Crippen molar-refractivity contribution < 1.29 is 22.7 Å². The lowest BCUT2D eigenvalue weighted by molar-refractivity contribution is -0.153. The molecule has 0 atom stereocenters. The Bertz CT molecular complexity index is 679. The maximum Gasteiger partial charge on any atom is 0.422 e. The molecular weight excluding hydrogens is 488 g/mol. The third kappa shape index (κ3) is 8.98. The van der Waals surface area contributed by atoms with Gasteiger partial charge < -0.3 is 20.7 Å². The Morgan fingerprint density at radius 3 is 2.50 bits per heavy atom. The van der Waals surface area contributed by atoms with Gasteiger partial charge >= 0.3 is 6.18 Å². The van der Waals surface area contributed by atoms with Crippen LogP contribution in [0.3, 0.4) is 0 Å². The number of hydrogen-bond donors (Lipinski definition) is 3. The molecule has 10 heteroatoms. The standard InChI is InChI=1S/C18H25F3N4O2.HI/c1-12-3-4-14(15(9-12)27-11-18(19,20)21)10-25-17(22-2)24-8-7-23-16(26)13-5-6-13;/h3-4,9,13H,5-8,10-11H2,1-2H3,(H,23,26)(H2,22,24,25);1H. The maximum atomic E-state index is 12.4. The summed E-state index contributed by atoms with van der Waals surface area (Å²) in [6, 6.07) is 5.10. The minimum atomic E-state index is -4.39. The number of aryl methyl sites for hydroxylation is 1. The molecule has 0 spiro atoms. The predicted octanol–water partition coefficient (Wildman–Crippen LogP) is 2.75. The van der Waals surface area contributed by atoms with Gasteiger partial charge in [-0.3, -0.25) is 9.79 Å². The Hall–Kier alpha value is -1.72. The molecule has 1 aromatic carbocycles. The summed E-state index contributed by atoms with van der Waals surface area (Å²) in [5, 5.41) is 8.91. The highest BCUT2D eigenvalue weighted by atomic mass is 127. The normalized spacial score (nSPS) is 14.1. The fourth-order valence-electron chi connectivity index (χ4n) is 2.36. The summed E-state index contributed by atoms with van der Waals surface area (Å²) in [6.45, 7) is 1.66. The second-order valence-corrected chi connectivity index (χ2v) is 6.43. The average molecular weight is 514 g/mol. The van der Waals surface area contributed by atoms with Crippen molar-refractivity contribution in [3.05, 3.63) is 29.3 Å². The fraction of sp³-hybridized carbons (Fsp3) is 0.556. The number of carbonyl (C=O) groups excluding carboxylic acids is 1. The number of hydrogen-bond acceptors (Lipinski definition) is 3. The molecule has 0 bridgehead atoms. The van der Waals surface area contributed by atoms with Gasteiger partial charge in [-0.25, -0.2) is 0 Å². The minimum Gasteiger partial charge on any atom is -0.484 e. The highest BCUT2D eigenvalue weighted by Gasteiger charge is 2.29. The van der Waals surface area contributed by atoms with Crippen molar-refractivity contribution >= 4 is 35.8 Å². The molecule has 2 rings (SSSR count). The number of nitrogens with one attached hydrogen (secondary N) is 3. The SMILES string of the molecule is CN=C(NCCNC(=O)C1CC1)NCc1ccc(C)cc1OCC(F)(F)F.I. The van der Waals surface area contributed by atoms with Gasteiger partial charge in [0.05, 0.1) is 0 Å². The predicted molar refractivity (Wildman–Crippen MR) is 112 cm³/mol. The number of nitrogens with zero attached hydrogens (tertiary/aromatic N) is 1. The molecule has 0 radical (unpaired) electrons. The number of guanidine groups is 1. The van der Waals surface area contributed by atoms with Gasteiger partial charge in [0.25, 0.3) is 0 Å². The summed E-state index contributed by atoms with van der Waals surface area (Å²) in [5.74, 6) is 0.912. The van der Waals surface area contributed by atoms with Crippen LogP contribution in [0.2, 0.25) is 0 Å². The first-order valence-electron chi connectivity index (χ1n) is 8.80. The van der Waals surface area contributed by atoms with Crippen molar-refractivity contribution in [3.63, 3.8) is 0 Å². The summed E-state index contributed by atoms with van der Waals surface area (Å²) in [7, 11) is 1.59. The molecule has 1 aliphatic carbocycles. The number of amides is 1. The number of ether oxygens (including phenoxy) is 1. The Labute approximate surface area is 179 Å². The zero-order chi connectivity index (χ0) is 19.9. The van der Waals surface area contributed by atoms with E-state index in [2.05, 4.69) is 20.9 Å². The van der Waals surface area contributed by atoms with Crippen molar-refractivity contribution in [1.82, 2.24) is 16.0 Å². The van der Waals surface area contributed by atoms with E-state index < -0.39 is 12.8 Å². The largest absolute Gasteiger partial charge is 0.484 e. The van der Waals surface area contributed by atoms with E-state index in [4.69, 9.17) is 4.74 Å². The van der Waals surface area contributed by atoms with Crippen molar-refractivity contribution in [2.45, 2.75) is 32.5 Å². The number of rotatable bonds is 8. The molecule has 0 aliphatic heterocycles. The molecule has 3 N–H and O–H groups in total. The lowest BCUT2D eigenvalue weighted by Crippen LogP contribution is -2.41. The van der Waals surface area contributed by atoms with E-state index >= 15 is 0 Å². The summed E-state index contributed by atoms with van der Waals surface area (Å²) in [4.78, 5) is 15.6. The zero-order valence-corrected chi connectivity index (χ0v) is 18.2. The van der Waals surface area contributed by atoms with Crippen molar-refractivity contribution in [2.24, 2.45) is 10.9 Å². The average Bonchev–Trinajstić information content (AvgIpc) is 3.44. The van der Waals surface area contributed by atoms with Crippen LogP contribution in [-0.4, -0.2) is 44.8 Å². The minimum absolute atomic E-state index is 0. The van der Waals surface area contributed by atoms with Crippen LogP contribution in [0.25, 0.3) is 0 Å². The van der Waals surface area contributed by atoms with Gasteiger partial charge in [0.2, 0.25) is 5.91 Å². The lowest BCUT2D eigenvalue weighted by atomic mass is 10.1. The van der Waals surface area contributed by atoms with Crippen LogP contribution in [-0.2, 0) is 11.3 Å². The Balaban J connectivity index is 0.00000392. The lowest BCUT2D eigenvalue weighted by Gasteiger charge is -2.16. The number of halogens is 4.